The smallest absolute Gasteiger partial charge is 0.330 e. The van der Waals surface area contributed by atoms with Gasteiger partial charge in [0.15, 0.2) is 17.5 Å². The van der Waals surface area contributed by atoms with E-state index in [0.717, 1.165) is 0 Å². The Morgan fingerprint density at radius 1 is 1.12 bits per heavy atom. The Labute approximate surface area is 150 Å². The van der Waals surface area contributed by atoms with Crippen LogP contribution in [0.1, 0.15) is 17.2 Å². The normalized spacial score (nSPS) is 13.6. The summed E-state index contributed by atoms with van der Waals surface area (Å²) in [5.74, 6) is 0.310. The molecule has 0 radical (unpaired) electrons. The first-order valence-electron chi connectivity index (χ1n) is 8.11. The summed E-state index contributed by atoms with van der Waals surface area (Å²) in [6, 6.07) is 10.6. The number of hydrogen-bond acceptors (Lipinski definition) is 5. The number of carbonyl (C=O) groups is 2. The van der Waals surface area contributed by atoms with E-state index in [-0.39, 0.29) is 6.42 Å². The third-order valence-corrected chi connectivity index (χ3v) is 3.97. The van der Waals surface area contributed by atoms with E-state index in [0.29, 0.717) is 41.6 Å². The summed E-state index contributed by atoms with van der Waals surface area (Å²) in [5, 5.41) is 12.0. The van der Waals surface area contributed by atoms with Gasteiger partial charge in [0.05, 0.1) is 13.5 Å². The lowest BCUT2D eigenvalue weighted by Crippen LogP contribution is -2.34. The number of methoxy groups -OCH3 is 1. The molecule has 2 N–H and O–H groups in total. The number of carboxylic acids is 1. The molecule has 3 rings (SSSR count). The highest BCUT2D eigenvalue weighted by atomic mass is 16.6. The van der Waals surface area contributed by atoms with Crippen molar-refractivity contribution in [1.82, 2.24) is 5.32 Å². The average molecular weight is 357 g/mol. The van der Waals surface area contributed by atoms with E-state index >= 15 is 0 Å². The molecule has 1 atom stereocenters. The zero-order valence-electron chi connectivity index (χ0n) is 14.2. The quantitative estimate of drug-likeness (QED) is 0.821. The van der Waals surface area contributed by atoms with Crippen molar-refractivity contribution in [1.29, 1.82) is 0 Å². The predicted octanol–water partition coefficient (Wildman–Crippen LogP) is 1.95. The van der Waals surface area contributed by atoms with Crippen molar-refractivity contribution < 1.29 is 28.9 Å². The minimum absolute atomic E-state index is 0.0383. The zero-order valence-corrected chi connectivity index (χ0v) is 14.2. The van der Waals surface area contributed by atoms with Crippen molar-refractivity contribution >= 4 is 11.9 Å². The summed E-state index contributed by atoms with van der Waals surface area (Å²) in [4.78, 5) is 23.9. The molecule has 0 aromatic heterocycles. The van der Waals surface area contributed by atoms with Crippen LogP contribution < -0.4 is 19.5 Å². The van der Waals surface area contributed by atoms with Crippen LogP contribution in [0.15, 0.2) is 42.5 Å². The number of rotatable bonds is 6. The highest BCUT2D eigenvalue weighted by molar-refractivity contribution is 5.85. The third-order valence-electron chi connectivity index (χ3n) is 3.97. The fraction of sp³-hybridized carbons (Fsp3) is 0.263. The number of fused-ring (bicyclic) bond motifs is 1. The van der Waals surface area contributed by atoms with Gasteiger partial charge in [-0.1, -0.05) is 18.2 Å². The maximum absolute atomic E-state index is 12.3. The maximum atomic E-state index is 12.3. The number of nitrogens with one attached hydrogen (secondary N) is 1. The molecule has 0 aliphatic carbocycles. The summed E-state index contributed by atoms with van der Waals surface area (Å²) < 4.78 is 16.0. The minimum atomic E-state index is -1.13. The number of hydrogen-bond donors (Lipinski definition) is 2. The van der Waals surface area contributed by atoms with Gasteiger partial charge in [0.25, 0.3) is 0 Å². The Hall–Kier alpha value is -3.22. The molecule has 1 aliphatic rings. The van der Waals surface area contributed by atoms with Crippen LogP contribution in [0.4, 0.5) is 0 Å². The second kappa shape index (κ2) is 7.77. The Morgan fingerprint density at radius 2 is 1.81 bits per heavy atom. The van der Waals surface area contributed by atoms with Crippen LogP contribution in [0.25, 0.3) is 0 Å². The highest BCUT2D eigenvalue weighted by Gasteiger charge is 2.22. The Bertz CT molecular complexity index is 802. The largest absolute Gasteiger partial charge is 0.497 e. The second-order valence-corrected chi connectivity index (χ2v) is 5.77. The van der Waals surface area contributed by atoms with Crippen LogP contribution in [-0.4, -0.2) is 37.3 Å². The monoisotopic (exact) mass is 357 g/mol. The fourth-order valence-corrected chi connectivity index (χ4v) is 2.68. The number of ether oxygens (including phenoxy) is 3. The number of carbonyl (C=O) groups excluding carboxylic acids is 1. The van der Waals surface area contributed by atoms with E-state index in [9.17, 15) is 14.7 Å². The van der Waals surface area contributed by atoms with Crippen molar-refractivity contribution in [2.75, 3.05) is 20.3 Å². The van der Waals surface area contributed by atoms with Crippen LogP contribution in [0.2, 0.25) is 0 Å². The maximum Gasteiger partial charge on any atom is 0.330 e. The molecule has 7 nitrogen and oxygen atoms in total. The average Bonchev–Trinajstić information content (AvgIpc) is 2.66. The van der Waals surface area contributed by atoms with Crippen LogP contribution >= 0.6 is 0 Å². The van der Waals surface area contributed by atoms with E-state index in [4.69, 9.17) is 14.2 Å². The molecule has 2 aromatic rings. The van der Waals surface area contributed by atoms with E-state index in [1.54, 1.807) is 42.5 Å². The lowest BCUT2D eigenvalue weighted by atomic mass is 10.1. The first-order valence-corrected chi connectivity index (χ1v) is 8.11. The van der Waals surface area contributed by atoms with E-state index in [2.05, 4.69) is 5.32 Å². The van der Waals surface area contributed by atoms with Gasteiger partial charge in [-0.25, -0.2) is 4.79 Å². The Morgan fingerprint density at radius 3 is 2.46 bits per heavy atom. The van der Waals surface area contributed by atoms with Crippen LogP contribution in [0, 0.1) is 0 Å². The number of aliphatic carboxylic acids is 1. The topological polar surface area (TPSA) is 94.1 Å². The predicted molar refractivity (Wildman–Crippen MR) is 92.6 cm³/mol. The van der Waals surface area contributed by atoms with E-state index < -0.39 is 17.9 Å². The lowest BCUT2D eigenvalue weighted by Gasteiger charge is -2.19. The van der Waals surface area contributed by atoms with Gasteiger partial charge in [-0.3, -0.25) is 4.79 Å². The molecular weight excluding hydrogens is 338 g/mol. The molecule has 0 spiro atoms. The van der Waals surface area contributed by atoms with Gasteiger partial charge in [0.1, 0.15) is 19.0 Å². The first-order chi connectivity index (χ1) is 12.6. The van der Waals surface area contributed by atoms with Gasteiger partial charge >= 0.3 is 5.97 Å². The molecule has 0 fully saturated rings. The van der Waals surface area contributed by atoms with Crippen LogP contribution in [0.3, 0.4) is 0 Å². The minimum Gasteiger partial charge on any atom is -0.497 e. The third kappa shape index (κ3) is 4.05. The Kier molecular flexibility index (Phi) is 5.26. The van der Waals surface area contributed by atoms with Gasteiger partial charge in [0, 0.05) is 0 Å². The number of amides is 1. The van der Waals surface area contributed by atoms with Gasteiger partial charge < -0.3 is 24.6 Å². The summed E-state index contributed by atoms with van der Waals surface area (Å²) in [5.41, 5.74) is 1.18. The summed E-state index contributed by atoms with van der Waals surface area (Å²) in [7, 11) is 1.53. The molecule has 1 unspecified atom stereocenters. The molecule has 136 valence electrons. The fourth-order valence-electron chi connectivity index (χ4n) is 2.68. The molecule has 0 bridgehead atoms. The van der Waals surface area contributed by atoms with Crippen molar-refractivity contribution in [2.45, 2.75) is 12.5 Å². The SMILES string of the molecule is COc1ccc(C(NC(=O)Cc2ccc3c(c2)OCCO3)C(=O)O)cc1. The molecule has 1 amide bonds. The summed E-state index contributed by atoms with van der Waals surface area (Å²) >= 11 is 0. The lowest BCUT2D eigenvalue weighted by molar-refractivity contribution is -0.141. The van der Waals surface area contributed by atoms with Gasteiger partial charge in [-0.05, 0) is 35.4 Å². The van der Waals surface area contributed by atoms with Crippen molar-refractivity contribution in [3.8, 4) is 17.2 Å². The van der Waals surface area contributed by atoms with Crippen LogP contribution in [0.5, 0.6) is 17.2 Å². The molecule has 7 heteroatoms. The van der Waals surface area contributed by atoms with Gasteiger partial charge in [0.2, 0.25) is 5.91 Å². The molecule has 2 aromatic carbocycles. The molecule has 26 heavy (non-hydrogen) atoms. The standard InChI is InChI=1S/C19H19NO6/c1-24-14-5-3-13(4-6-14)18(19(22)23)20-17(21)11-12-2-7-15-16(10-12)26-9-8-25-15/h2-7,10,18H,8-9,11H2,1H3,(H,20,21)(H,22,23). The molecule has 0 saturated heterocycles. The van der Waals surface area contributed by atoms with Crippen molar-refractivity contribution in [2.24, 2.45) is 0 Å². The number of benzene rings is 2. The highest BCUT2D eigenvalue weighted by Crippen LogP contribution is 2.31. The van der Waals surface area contributed by atoms with Crippen molar-refractivity contribution in [3.05, 3.63) is 53.6 Å². The first kappa shape index (κ1) is 17.6. The van der Waals surface area contributed by atoms with Gasteiger partial charge in [-0.15, -0.1) is 0 Å². The zero-order chi connectivity index (χ0) is 18.5. The van der Waals surface area contributed by atoms with Crippen molar-refractivity contribution in [3.63, 3.8) is 0 Å². The van der Waals surface area contributed by atoms with E-state index in [1.165, 1.54) is 7.11 Å². The van der Waals surface area contributed by atoms with Gasteiger partial charge in [-0.2, -0.15) is 0 Å². The Balaban J connectivity index is 1.69. The second-order valence-electron chi connectivity index (χ2n) is 5.77. The molecule has 1 aliphatic heterocycles. The number of carboxylic acid groups (broad SMARTS) is 1. The van der Waals surface area contributed by atoms with E-state index in [1.807, 2.05) is 0 Å². The van der Waals surface area contributed by atoms with Crippen LogP contribution in [-0.2, 0) is 16.0 Å². The summed E-state index contributed by atoms with van der Waals surface area (Å²) in [6.45, 7) is 0.955. The molecule has 1 heterocycles. The molecule has 0 saturated carbocycles. The molecular formula is C19H19NO6. The summed E-state index contributed by atoms with van der Waals surface area (Å²) in [6.07, 6.45) is 0.0383.